The Bertz CT molecular complexity index is 422. The Balaban J connectivity index is 2.01. The van der Waals surface area contributed by atoms with Gasteiger partial charge >= 0.3 is 0 Å². The molecule has 5 heteroatoms. The Kier molecular flexibility index (Phi) is 5.34. The molecule has 2 N–H and O–H groups in total. The van der Waals surface area contributed by atoms with Crippen LogP contribution in [0.1, 0.15) is 42.5 Å². The van der Waals surface area contributed by atoms with Gasteiger partial charge in [-0.05, 0) is 40.9 Å². The van der Waals surface area contributed by atoms with Crippen molar-refractivity contribution in [2.75, 3.05) is 6.61 Å². The Morgan fingerprint density at radius 1 is 1.37 bits per heavy atom. The van der Waals surface area contributed by atoms with Crippen LogP contribution < -0.4 is 5.32 Å². The molecule has 0 bridgehead atoms. The zero-order chi connectivity index (χ0) is 13.7. The van der Waals surface area contributed by atoms with E-state index in [2.05, 4.69) is 26.2 Å². The van der Waals surface area contributed by atoms with Crippen LogP contribution in [0.3, 0.4) is 0 Å². The molecule has 0 radical (unpaired) electrons. The summed E-state index contributed by atoms with van der Waals surface area (Å²) in [6.07, 6.45) is 6.92. The summed E-state index contributed by atoms with van der Waals surface area (Å²) in [6, 6.07) is 3.58. The summed E-state index contributed by atoms with van der Waals surface area (Å²) in [4.78, 5) is 16.2. The highest BCUT2D eigenvalue weighted by Gasteiger charge is 2.24. The lowest BCUT2D eigenvalue weighted by Gasteiger charge is -2.24. The summed E-state index contributed by atoms with van der Waals surface area (Å²) < 4.78 is 0.715. The van der Waals surface area contributed by atoms with Crippen LogP contribution in [0.4, 0.5) is 0 Å². The van der Waals surface area contributed by atoms with Crippen LogP contribution in [-0.2, 0) is 0 Å². The third-order valence-corrected chi connectivity index (χ3v) is 4.17. The number of rotatable bonds is 3. The second-order valence-corrected chi connectivity index (χ2v) is 5.84. The minimum atomic E-state index is -0.106. The van der Waals surface area contributed by atoms with Gasteiger partial charge in [0.2, 0.25) is 0 Å². The Hall–Kier alpha value is -0.940. The Morgan fingerprint density at radius 3 is 2.84 bits per heavy atom. The van der Waals surface area contributed by atoms with Crippen molar-refractivity contribution in [3.05, 3.63) is 28.5 Å². The van der Waals surface area contributed by atoms with Crippen LogP contribution in [0, 0.1) is 5.92 Å². The standard InChI is InChI=1S/C14H19BrN2O2/c15-13-7-6-10(8-16-13)14(19)17-12-5-3-1-2-4-11(12)9-18/h6-8,11-12,18H,1-5,9H2,(H,17,19). The van der Waals surface area contributed by atoms with Gasteiger partial charge in [0.05, 0.1) is 5.56 Å². The number of pyridine rings is 1. The van der Waals surface area contributed by atoms with E-state index in [1.54, 1.807) is 18.3 Å². The average Bonchev–Trinajstić information content (AvgIpc) is 2.64. The minimum absolute atomic E-state index is 0.0728. The summed E-state index contributed by atoms with van der Waals surface area (Å²) in [5.41, 5.74) is 0.559. The van der Waals surface area contributed by atoms with Crippen LogP contribution >= 0.6 is 15.9 Å². The number of carbonyl (C=O) groups excluding carboxylic acids is 1. The summed E-state index contributed by atoms with van der Waals surface area (Å²) in [5.74, 6) is 0.0696. The molecule has 19 heavy (non-hydrogen) atoms. The van der Waals surface area contributed by atoms with Gasteiger partial charge in [0.15, 0.2) is 0 Å². The van der Waals surface area contributed by atoms with Gasteiger partial charge in [-0.15, -0.1) is 0 Å². The fourth-order valence-electron chi connectivity index (χ4n) is 2.55. The number of hydrogen-bond acceptors (Lipinski definition) is 3. The number of hydrogen-bond donors (Lipinski definition) is 2. The molecule has 2 rings (SSSR count). The number of nitrogens with one attached hydrogen (secondary N) is 1. The van der Waals surface area contributed by atoms with Gasteiger partial charge in [-0.1, -0.05) is 19.3 Å². The van der Waals surface area contributed by atoms with E-state index in [-0.39, 0.29) is 24.5 Å². The normalized spacial score (nSPS) is 23.7. The average molecular weight is 327 g/mol. The second kappa shape index (κ2) is 7.01. The number of aliphatic hydroxyl groups is 1. The van der Waals surface area contributed by atoms with Gasteiger partial charge in [-0.3, -0.25) is 4.79 Å². The van der Waals surface area contributed by atoms with Gasteiger partial charge in [0.1, 0.15) is 4.60 Å². The molecule has 1 aliphatic rings. The molecule has 104 valence electrons. The molecule has 1 aromatic heterocycles. The minimum Gasteiger partial charge on any atom is -0.396 e. The van der Waals surface area contributed by atoms with Gasteiger partial charge in [-0.25, -0.2) is 4.98 Å². The lowest BCUT2D eigenvalue weighted by Crippen LogP contribution is -2.41. The molecule has 1 saturated carbocycles. The predicted molar refractivity (Wildman–Crippen MR) is 76.9 cm³/mol. The zero-order valence-electron chi connectivity index (χ0n) is 10.8. The second-order valence-electron chi connectivity index (χ2n) is 5.03. The van der Waals surface area contributed by atoms with E-state index in [1.165, 1.54) is 6.42 Å². The third kappa shape index (κ3) is 4.01. The van der Waals surface area contributed by atoms with E-state index in [4.69, 9.17) is 0 Å². The first-order valence-corrected chi connectivity index (χ1v) is 7.53. The van der Waals surface area contributed by atoms with E-state index >= 15 is 0 Å². The van der Waals surface area contributed by atoms with Gasteiger partial charge in [-0.2, -0.15) is 0 Å². The summed E-state index contributed by atoms with van der Waals surface area (Å²) in [5, 5.41) is 12.5. The largest absolute Gasteiger partial charge is 0.396 e. The first-order valence-electron chi connectivity index (χ1n) is 6.74. The highest BCUT2D eigenvalue weighted by Crippen LogP contribution is 2.23. The number of amides is 1. The molecule has 1 fully saturated rings. The van der Waals surface area contributed by atoms with Gasteiger partial charge < -0.3 is 10.4 Å². The lowest BCUT2D eigenvalue weighted by molar-refractivity contribution is 0.0899. The van der Waals surface area contributed by atoms with Crippen LogP contribution in [-0.4, -0.2) is 28.6 Å². The van der Waals surface area contributed by atoms with Crippen molar-refractivity contribution in [1.29, 1.82) is 0 Å². The fourth-order valence-corrected chi connectivity index (χ4v) is 2.79. The van der Waals surface area contributed by atoms with Crippen LogP contribution in [0.2, 0.25) is 0 Å². The topological polar surface area (TPSA) is 62.2 Å². The third-order valence-electron chi connectivity index (χ3n) is 3.70. The molecule has 0 spiro atoms. The summed E-state index contributed by atoms with van der Waals surface area (Å²) in [7, 11) is 0. The van der Waals surface area contributed by atoms with E-state index < -0.39 is 0 Å². The van der Waals surface area contributed by atoms with Crippen molar-refractivity contribution in [2.24, 2.45) is 5.92 Å². The molecule has 4 nitrogen and oxygen atoms in total. The first kappa shape index (κ1) is 14.5. The molecular formula is C14H19BrN2O2. The van der Waals surface area contributed by atoms with E-state index in [0.29, 0.717) is 10.2 Å². The van der Waals surface area contributed by atoms with Crippen LogP contribution in [0.25, 0.3) is 0 Å². The zero-order valence-corrected chi connectivity index (χ0v) is 12.4. The monoisotopic (exact) mass is 326 g/mol. The molecule has 0 saturated heterocycles. The molecule has 0 aromatic carbocycles. The van der Waals surface area contributed by atoms with E-state index in [1.807, 2.05) is 0 Å². The molecule has 1 heterocycles. The van der Waals surface area contributed by atoms with Crippen molar-refractivity contribution in [1.82, 2.24) is 10.3 Å². The Morgan fingerprint density at radius 2 is 2.16 bits per heavy atom. The van der Waals surface area contributed by atoms with Crippen molar-refractivity contribution < 1.29 is 9.90 Å². The number of nitrogens with zero attached hydrogens (tertiary/aromatic N) is 1. The van der Waals surface area contributed by atoms with Crippen molar-refractivity contribution in [3.63, 3.8) is 0 Å². The maximum absolute atomic E-state index is 12.1. The molecule has 1 aromatic rings. The Labute approximate surface area is 121 Å². The molecule has 1 aliphatic carbocycles. The van der Waals surface area contributed by atoms with Gasteiger partial charge in [0, 0.05) is 24.8 Å². The maximum Gasteiger partial charge on any atom is 0.253 e. The lowest BCUT2D eigenvalue weighted by atomic mass is 9.95. The molecule has 2 unspecified atom stereocenters. The molecular weight excluding hydrogens is 308 g/mol. The number of carbonyl (C=O) groups is 1. The van der Waals surface area contributed by atoms with Crippen molar-refractivity contribution in [2.45, 2.75) is 38.1 Å². The molecule has 0 aliphatic heterocycles. The number of halogens is 1. The first-order chi connectivity index (χ1) is 9.20. The molecule has 2 atom stereocenters. The van der Waals surface area contributed by atoms with E-state index in [9.17, 15) is 9.90 Å². The molecule has 1 amide bonds. The fraction of sp³-hybridized carbons (Fsp3) is 0.571. The van der Waals surface area contributed by atoms with Crippen molar-refractivity contribution in [3.8, 4) is 0 Å². The van der Waals surface area contributed by atoms with Crippen LogP contribution in [0.15, 0.2) is 22.9 Å². The summed E-state index contributed by atoms with van der Waals surface area (Å²) >= 11 is 3.25. The predicted octanol–water partition coefficient (Wildman–Crippen LogP) is 2.52. The SMILES string of the molecule is O=C(NC1CCCCCC1CO)c1ccc(Br)nc1. The van der Waals surface area contributed by atoms with Crippen molar-refractivity contribution >= 4 is 21.8 Å². The van der Waals surface area contributed by atoms with Crippen LogP contribution in [0.5, 0.6) is 0 Å². The van der Waals surface area contributed by atoms with Gasteiger partial charge in [0.25, 0.3) is 5.91 Å². The van der Waals surface area contributed by atoms with E-state index in [0.717, 1.165) is 25.7 Å². The maximum atomic E-state index is 12.1. The smallest absolute Gasteiger partial charge is 0.253 e. The number of aliphatic hydroxyl groups excluding tert-OH is 1. The highest BCUT2D eigenvalue weighted by molar-refractivity contribution is 9.10. The quantitative estimate of drug-likeness (QED) is 0.662. The summed E-state index contributed by atoms with van der Waals surface area (Å²) in [6.45, 7) is 0.142. The highest BCUT2D eigenvalue weighted by atomic mass is 79.9. The number of aromatic nitrogens is 1.